The Bertz CT molecular complexity index is 631. The maximum atomic E-state index is 11.8. The lowest BCUT2D eigenvalue weighted by atomic mass is 9.90. The van der Waals surface area contributed by atoms with Gasteiger partial charge in [-0.05, 0) is 24.5 Å². The van der Waals surface area contributed by atoms with Crippen molar-refractivity contribution < 1.29 is 14.3 Å². The molecule has 1 aromatic carbocycles. The molecule has 0 saturated carbocycles. The van der Waals surface area contributed by atoms with Crippen LogP contribution in [0.3, 0.4) is 0 Å². The maximum absolute atomic E-state index is 11.8. The molecule has 0 fully saturated rings. The molecule has 0 radical (unpaired) electrons. The maximum Gasteiger partial charge on any atom is 0.316 e. The molecule has 1 rings (SSSR count). The molecule has 0 saturated heterocycles. The normalized spacial score (nSPS) is 13.0. The van der Waals surface area contributed by atoms with Crippen molar-refractivity contribution in [3.8, 4) is 6.07 Å². The van der Waals surface area contributed by atoms with E-state index in [0.29, 0.717) is 10.8 Å². The van der Waals surface area contributed by atoms with E-state index in [-0.39, 0.29) is 11.7 Å². The molecule has 0 unspecified atom stereocenters. The molecular formula is C17H21ClN2O3S. The molecule has 0 aliphatic carbocycles. The lowest BCUT2D eigenvalue weighted by Gasteiger charge is -2.27. The highest BCUT2D eigenvalue weighted by Crippen LogP contribution is 2.20. The second-order valence-corrected chi connectivity index (χ2v) is 7.15. The number of nitrogens with one attached hydrogen (secondary N) is 1. The lowest BCUT2D eigenvalue weighted by molar-refractivity contribution is -0.146. The first kappa shape index (κ1) is 20.3. The zero-order valence-corrected chi connectivity index (χ0v) is 15.5. The highest BCUT2D eigenvalue weighted by Gasteiger charge is 2.30. The zero-order chi connectivity index (χ0) is 18.2. The summed E-state index contributed by atoms with van der Waals surface area (Å²) in [5, 5.41) is 12.4. The fourth-order valence-electron chi connectivity index (χ4n) is 1.67. The first-order valence-electron chi connectivity index (χ1n) is 7.47. The van der Waals surface area contributed by atoms with Crippen LogP contribution in [0.5, 0.6) is 0 Å². The Labute approximate surface area is 151 Å². The number of nitriles is 1. The number of nitrogens with zero attached hydrogens (tertiary/aromatic N) is 1. The number of rotatable bonds is 8. The Hall–Kier alpha value is -1.71. The van der Waals surface area contributed by atoms with E-state index in [2.05, 4.69) is 11.4 Å². The summed E-state index contributed by atoms with van der Waals surface area (Å²) in [6.45, 7) is 4.91. The third-order valence-corrected chi connectivity index (χ3v) is 4.91. The van der Waals surface area contributed by atoms with Gasteiger partial charge in [0.2, 0.25) is 0 Å². The minimum atomic E-state index is -0.984. The van der Waals surface area contributed by atoms with Crippen molar-refractivity contribution in [1.29, 1.82) is 5.26 Å². The minimum absolute atomic E-state index is 0.0617. The van der Waals surface area contributed by atoms with Crippen molar-refractivity contribution in [3.05, 3.63) is 34.9 Å². The van der Waals surface area contributed by atoms with Crippen LogP contribution in [-0.2, 0) is 20.1 Å². The van der Waals surface area contributed by atoms with Crippen LogP contribution in [-0.4, -0.2) is 29.8 Å². The van der Waals surface area contributed by atoms with Crippen molar-refractivity contribution in [2.24, 2.45) is 5.92 Å². The number of esters is 1. The monoisotopic (exact) mass is 368 g/mol. The molecule has 0 aliphatic heterocycles. The van der Waals surface area contributed by atoms with Crippen LogP contribution in [0.2, 0.25) is 5.02 Å². The summed E-state index contributed by atoms with van der Waals surface area (Å²) in [6.07, 6.45) is 0. The number of carbonyl (C=O) groups is 2. The number of benzene rings is 1. The second-order valence-electron chi connectivity index (χ2n) is 5.76. The molecule has 24 heavy (non-hydrogen) atoms. The van der Waals surface area contributed by atoms with Crippen LogP contribution in [0.4, 0.5) is 0 Å². The van der Waals surface area contributed by atoms with Gasteiger partial charge in [-0.2, -0.15) is 5.26 Å². The van der Waals surface area contributed by atoms with Gasteiger partial charge in [0.15, 0.2) is 6.61 Å². The van der Waals surface area contributed by atoms with Gasteiger partial charge in [0.25, 0.3) is 5.91 Å². The van der Waals surface area contributed by atoms with E-state index in [9.17, 15) is 9.59 Å². The van der Waals surface area contributed by atoms with Crippen molar-refractivity contribution >= 4 is 35.2 Å². The average Bonchev–Trinajstić information content (AvgIpc) is 2.54. The molecule has 130 valence electrons. The van der Waals surface area contributed by atoms with E-state index in [4.69, 9.17) is 21.6 Å². The zero-order valence-electron chi connectivity index (χ0n) is 14.0. The van der Waals surface area contributed by atoms with Crippen molar-refractivity contribution in [2.75, 3.05) is 12.4 Å². The van der Waals surface area contributed by atoms with Crippen LogP contribution >= 0.6 is 23.4 Å². The van der Waals surface area contributed by atoms with E-state index in [0.717, 1.165) is 5.56 Å². The van der Waals surface area contributed by atoms with E-state index in [1.54, 1.807) is 13.0 Å². The van der Waals surface area contributed by atoms with Gasteiger partial charge in [-0.1, -0.05) is 43.6 Å². The second kappa shape index (κ2) is 9.55. The molecule has 0 aromatic heterocycles. The standard InChI is InChI=1S/C17H21ClN2O3S/c1-12(2)17(3,11-19)20-15(21)8-23-16(22)10-24-9-13-6-4-5-7-14(13)18/h4-7,12H,8-10H2,1-3H3,(H,20,21)/t17-/m0/s1. The van der Waals surface area contributed by atoms with Crippen LogP contribution in [0.25, 0.3) is 0 Å². The average molecular weight is 369 g/mol. The SMILES string of the molecule is CC(C)[C@](C)(C#N)NC(=O)COC(=O)CSCc1ccccc1Cl. The first-order valence-corrected chi connectivity index (χ1v) is 9.01. The van der Waals surface area contributed by atoms with Crippen LogP contribution < -0.4 is 5.32 Å². The molecular weight excluding hydrogens is 348 g/mol. The van der Waals surface area contributed by atoms with Crippen molar-refractivity contribution in [2.45, 2.75) is 32.1 Å². The third-order valence-electron chi connectivity index (χ3n) is 3.59. The Morgan fingerprint density at radius 3 is 2.67 bits per heavy atom. The van der Waals surface area contributed by atoms with Gasteiger partial charge >= 0.3 is 5.97 Å². The number of thioether (sulfide) groups is 1. The third kappa shape index (κ3) is 6.42. The van der Waals surface area contributed by atoms with Crippen LogP contribution in [0.1, 0.15) is 26.3 Å². The molecule has 1 atom stereocenters. The minimum Gasteiger partial charge on any atom is -0.455 e. The first-order chi connectivity index (χ1) is 11.3. The number of ether oxygens (including phenoxy) is 1. The van der Waals surface area contributed by atoms with Gasteiger partial charge in [-0.3, -0.25) is 9.59 Å². The Kier molecular flexibility index (Phi) is 8.09. The quantitative estimate of drug-likeness (QED) is 0.713. The highest BCUT2D eigenvalue weighted by molar-refractivity contribution is 7.99. The van der Waals surface area contributed by atoms with Gasteiger partial charge in [0, 0.05) is 10.8 Å². The van der Waals surface area contributed by atoms with Crippen LogP contribution in [0.15, 0.2) is 24.3 Å². The molecule has 5 nitrogen and oxygen atoms in total. The highest BCUT2D eigenvalue weighted by atomic mass is 35.5. The molecule has 0 bridgehead atoms. The molecule has 0 spiro atoms. The summed E-state index contributed by atoms with van der Waals surface area (Å²) in [4.78, 5) is 23.5. The van der Waals surface area contributed by atoms with E-state index in [1.807, 2.05) is 32.0 Å². The fraction of sp³-hybridized carbons (Fsp3) is 0.471. The lowest BCUT2D eigenvalue weighted by Crippen LogP contribution is -2.50. The molecule has 1 aromatic rings. The number of hydrogen-bond donors (Lipinski definition) is 1. The molecule has 0 heterocycles. The summed E-state index contributed by atoms with van der Waals surface area (Å²) in [5.74, 6) is -0.324. The molecule has 1 amide bonds. The Morgan fingerprint density at radius 2 is 2.08 bits per heavy atom. The predicted octanol–water partition coefficient (Wildman–Crippen LogP) is 3.17. The summed E-state index contributed by atoms with van der Waals surface area (Å²) in [6, 6.07) is 9.47. The van der Waals surface area contributed by atoms with Crippen LogP contribution in [0, 0.1) is 17.2 Å². The summed E-state index contributed by atoms with van der Waals surface area (Å²) in [7, 11) is 0. The summed E-state index contributed by atoms with van der Waals surface area (Å²) in [5.41, 5.74) is -0.0427. The van der Waals surface area contributed by atoms with E-state index >= 15 is 0 Å². The largest absolute Gasteiger partial charge is 0.455 e. The Balaban J connectivity index is 2.32. The number of carbonyl (C=O) groups excluding carboxylic acids is 2. The molecule has 7 heteroatoms. The van der Waals surface area contributed by atoms with Gasteiger partial charge < -0.3 is 10.1 Å². The van der Waals surface area contributed by atoms with Gasteiger partial charge in [-0.25, -0.2) is 0 Å². The van der Waals surface area contributed by atoms with Crippen molar-refractivity contribution in [1.82, 2.24) is 5.32 Å². The smallest absolute Gasteiger partial charge is 0.316 e. The van der Waals surface area contributed by atoms with Gasteiger partial charge in [-0.15, -0.1) is 11.8 Å². The fourth-order valence-corrected chi connectivity index (χ4v) is 2.78. The summed E-state index contributed by atoms with van der Waals surface area (Å²) >= 11 is 7.39. The molecule has 1 N–H and O–H groups in total. The number of amides is 1. The Morgan fingerprint density at radius 1 is 1.42 bits per heavy atom. The topological polar surface area (TPSA) is 79.2 Å². The van der Waals surface area contributed by atoms with E-state index in [1.165, 1.54) is 11.8 Å². The molecule has 0 aliphatic rings. The van der Waals surface area contributed by atoms with E-state index < -0.39 is 24.0 Å². The van der Waals surface area contributed by atoms with Gasteiger partial charge in [0.05, 0.1) is 11.8 Å². The number of halogens is 1. The number of hydrogen-bond acceptors (Lipinski definition) is 5. The summed E-state index contributed by atoms with van der Waals surface area (Å²) < 4.78 is 4.93. The predicted molar refractivity (Wildman–Crippen MR) is 95.6 cm³/mol. The van der Waals surface area contributed by atoms with Crippen molar-refractivity contribution in [3.63, 3.8) is 0 Å². The van der Waals surface area contributed by atoms with Gasteiger partial charge in [0.1, 0.15) is 5.54 Å².